The Morgan fingerprint density at radius 1 is 1.33 bits per heavy atom. The summed E-state index contributed by atoms with van der Waals surface area (Å²) in [5, 5.41) is 13.9. The molecule has 2 heterocycles. The number of hydrogen-bond acceptors (Lipinski definition) is 6. The van der Waals surface area contributed by atoms with E-state index in [2.05, 4.69) is 22.2 Å². The van der Waals surface area contributed by atoms with E-state index in [0.717, 1.165) is 42.8 Å². The van der Waals surface area contributed by atoms with Gasteiger partial charge in [-0.3, -0.25) is 15.0 Å². The van der Waals surface area contributed by atoms with E-state index in [1.165, 1.54) is 12.1 Å². The monoisotopic (exact) mass is 350 g/mol. The summed E-state index contributed by atoms with van der Waals surface area (Å²) in [6.07, 6.45) is 0.956. The lowest BCUT2D eigenvalue weighted by Crippen LogP contribution is -2.46. The van der Waals surface area contributed by atoms with Crippen LogP contribution >= 0.6 is 11.3 Å². The van der Waals surface area contributed by atoms with Gasteiger partial charge in [-0.2, -0.15) is 0 Å². The highest BCUT2D eigenvalue weighted by molar-refractivity contribution is 7.09. The molecule has 0 spiro atoms. The Morgan fingerprint density at radius 2 is 2.08 bits per heavy atom. The number of hydrogen-bond donors (Lipinski definition) is 0. The van der Waals surface area contributed by atoms with Crippen molar-refractivity contribution in [3.05, 3.63) is 50.2 Å². The van der Waals surface area contributed by atoms with E-state index in [1.54, 1.807) is 11.3 Å². The highest BCUT2D eigenvalue weighted by Gasteiger charge is 2.21. The van der Waals surface area contributed by atoms with Gasteiger partial charge in [0.15, 0.2) is 5.82 Å². The second-order valence-electron chi connectivity index (χ2n) is 5.74. The first kappa shape index (κ1) is 16.8. The molecule has 0 radical (unpaired) electrons. The standard InChI is InChI=1S/C16H19FN4O2S/c1-2-16-18-12(11-24-16)10-19-5-7-20(8-6-19)15-4-3-13(21(22)23)9-14(15)17/h3-4,9,11H,2,5-8,10H2,1H3. The summed E-state index contributed by atoms with van der Waals surface area (Å²) in [4.78, 5) is 18.9. The molecule has 1 fully saturated rings. The molecule has 0 N–H and O–H groups in total. The number of nitrogens with zero attached hydrogens (tertiary/aromatic N) is 4. The van der Waals surface area contributed by atoms with Gasteiger partial charge in [0.05, 0.1) is 27.4 Å². The Hall–Kier alpha value is -2.06. The molecule has 1 aliphatic heterocycles. The predicted octanol–water partition coefficient (Wildman–Crippen LogP) is 3.08. The second kappa shape index (κ2) is 7.23. The van der Waals surface area contributed by atoms with Gasteiger partial charge in [-0.25, -0.2) is 9.37 Å². The van der Waals surface area contributed by atoms with Crippen molar-refractivity contribution in [3.63, 3.8) is 0 Å². The zero-order valence-corrected chi connectivity index (χ0v) is 14.3. The molecule has 0 atom stereocenters. The summed E-state index contributed by atoms with van der Waals surface area (Å²) in [6.45, 7) is 5.93. The summed E-state index contributed by atoms with van der Waals surface area (Å²) in [6, 6.07) is 3.84. The number of benzene rings is 1. The van der Waals surface area contributed by atoms with Crippen LogP contribution in [0.5, 0.6) is 0 Å². The first-order valence-electron chi connectivity index (χ1n) is 7.91. The number of rotatable bonds is 5. The quantitative estimate of drug-likeness (QED) is 0.612. The SMILES string of the molecule is CCc1nc(CN2CCN(c3ccc([N+](=O)[O-])cc3F)CC2)cs1. The molecule has 0 unspecified atom stereocenters. The molecule has 1 saturated heterocycles. The minimum absolute atomic E-state index is 0.217. The maximum atomic E-state index is 14.1. The van der Waals surface area contributed by atoms with Crippen LogP contribution in [-0.2, 0) is 13.0 Å². The van der Waals surface area contributed by atoms with Crippen molar-refractivity contribution >= 4 is 22.7 Å². The number of nitro groups is 1. The maximum Gasteiger partial charge on any atom is 0.272 e. The van der Waals surface area contributed by atoms with E-state index in [-0.39, 0.29) is 5.69 Å². The van der Waals surface area contributed by atoms with Crippen molar-refractivity contribution < 1.29 is 9.31 Å². The molecule has 0 bridgehead atoms. The van der Waals surface area contributed by atoms with Gasteiger partial charge in [-0.15, -0.1) is 11.3 Å². The molecule has 1 aliphatic rings. The molecular formula is C16H19FN4O2S. The molecule has 0 aliphatic carbocycles. The Bertz CT molecular complexity index is 729. The third kappa shape index (κ3) is 3.70. The summed E-state index contributed by atoms with van der Waals surface area (Å²) in [5.41, 5.74) is 1.30. The lowest BCUT2D eigenvalue weighted by atomic mass is 10.2. The van der Waals surface area contributed by atoms with E-state index in [0.29, 0.717) is 18.8 Å². The van der Waals surface area contributed by atoms with Crippen LogP contribution in [0.15, 0.2) is 23.6 Å². The van der Waals surface area contributed by atoms with Crippen LogP contribution in [0.2, 0.25) is 0 Å². The fraction of sp³-hybridized carbons (Fsp3) is 0.438. The maximum absolute atomic E-state index is 14.1. The van der Waals surface area contributed by atoms with Gasteiger partial charge in [0, 0.05) is 44.2 Å². The number of nitro benzene ring substituents is 1. The smallest absolute Gasteiger partial charge is 0.272 e. The molecule has 3 rings (SSSR count). The second-order valence-corrected chi connectivity index (χ2v) is 6.68. The lowest BCUT2D eigenvalue weighted by molar-refractivity contribution is -0.385. The average Bonchev–Trinajstić information content (AvgIpc) is 3.03. The van der Waals surface area contributed by atoms with Gasteiger partial charge >= 0.3 is 0 Å². The minimum atomic E-state index is -0.580. The van der Waals surface area contributed by atoms with Crippen LogP contribution in [0, 0.1) is 15.9 Å². The van der Waals surface area contributed by atoms with Crippen LogP contribution in [0.3, 0.4) is 0 Å². The number of non-ortho nitro benzene ring substituents is 1. The number of halogens is 1. The Morgan fingerprint density at radius 3 is 2.67 bits per heavy atom. The van der Waals surface area contributed by atoms with Crippen LogP contribution in [0.25, 0.3) is 0 Å². The Kier molecular flexibility index (Phi) is 5.06. The van der Waals surface area contributed by atoms with E-state index < -0.39 is 10.7 Å². The molecule has 6 nitrogen and oxygen atoms in total. The summed E-state index contributed by atoms with van der Waals surface area (Å²) in [7, 11) is 0. The molecule has 0 amide bonds. The van der Waals surface area contributed by atoms with Crippen LogP contribution in [0.4, 0.5) is 15.8 Å². The summed E-state index contributed by atoms with van der Waals surface area (Å²) in [5.74, 6) is -0.537. The normalized spacial score (nSPS) is 15.7. The van der Waals surface area contributed by atoms with E-state index in [1.807, 2.05) is 4.90 Å². The van der Waals surface area contributed by atoms with E-state index in [4.69, 9.17) is 0 Å². The van der Waals surface area contributed by atoms with E-state index >= 15 is 0 Å². The van der Waals surface area contributed by atoms with Crippen molar-refractivity contribution in [2.24, 2.45) is 0 Å². The molecule has 128 valence electrons. The zero-order valence-electron chi connectivity index (χ0n) is 13.4. The molecule has 24 heavy (non-hydrogen) atoms. The van der Waals surface area contributed by atoms with Gasteiger partial charge in [0.25, 0.3) is 5.69 Å². The predicted molar refractivity (Wildman–Crippen MR) is 92.0 cm³/mol. The Balaban J connectivity index is 1.59. The van der Waals surface area contributed by atoms with Gasteiger partial charge in [-0.05, 0) is 12.5 Å². The number of aromatic nitrogens is 1. The molecule has 8 heteroatoms. The van der Waals surface area contributed by atoms with E-state index in [9.17, 15) is 14.5 Å². The topological polar surface area (TPSA) is 62.5 Å². The highest BCUT2D eigenvalue weighted by Crippen LogP contribution is 2.25. The third-order valence-corrected chi connectivity index (χ3v) is 5.18. The zero-order chi connectivity index (χ0) is 17.1. The molecule has 1 aromatic heterocycles. The van der Waals surface area contributed by atoms with Crippen molar-refractivity contribution in [1.29, 1.82) is 0 Å². The van der Waals surface area contributed by atoms with Crippen molar-refractivity contribution in [2.75, 3.05) is 31.1 Å². The first-order chi connectivity index (χ1) is 11.6. The van der Waals surface area contributed by atoms with Crippen LogP contribution < -0.4 is 4.90 Å². The fourth-order valence-corrected chi connectivity index (χ4v) is 3.56. The lowest BCUT2D eigenvalue weighted by Gasteiger charge is -2.35. The largest absolute Gasteiger partial charge is 0.367 e. The number of aryl methyl sites for hydroxylation is 1. The molecule has 2 aromatic rings. The van der Waals surface area contributed by atoms with Crippen molar-refractivity contribution in [1.82, 2.24) is 9.88 Å². The minimum Gasteiger partial charge on any atom is -0.367 e. The van der Waals surface area contributed by atoms with Crippen LogP contribution in [-0.4, -0.2) is 41.0 Å². The number of anilines is 1. The van der Waals surface area contributed by atoms with Gasteiger partial charge in [0.2, 0.25) is 0 Å². The number of thiazole rings is 1. The highest BCUT2D eigenvalue weighted by atomic mass is 32.1. The molecule has 1 aromatic carbocycles. The van der Waals surface area contributed by atoms with Crippen molar-refractivity contribution in [2.45, 2.75) is 19.9 Å². The summed E-state index contributed by atoms with van der Waals surface area (Å²) >= 11 is 1.69. The average molecular weight is 350 g/mol. The van der Waals surface area contributed by atoms with Crippen molar-refractivity contribution in [3.8, 4) is 0 Å². The van der Waals surface area contributed by atoms with Gasteiger partial charge < -0.3 is 4.90 Å². The number of piperazine rings is 1. The Labute approximate surface area is 143 Å². The fourth-order valence-electron chi connectivity index (χ4n) is 2.83. The summed E-state index contributed by atoms with van der Waals surface area (Å²) < 4.78 is 14.1. The first-order valence-corrected chi connectivity index (χ1v) is 8.79. The third-order valence-electron chi connectivity index (χ3n) is 4.14. The van der Waals surface area contributed by atoms with Gasteiger partial charge in [0.1, 0.15) is 0 Å². The molecule has 0 saturated carbocycles. The molecular weight excluding hydrogens is 331 g/mol. The van der Waals surface area contributed by atoms with Crippen LogP contribution in [0.1, 0.15) is 17.6 Å². The van der Waals surface area contributed by atoms with Gasteiger partial charge in [-0.1, -0.05) is 6.92 Å².